The molecule has 0 spiro atoms. The molecule has 1 unspecified atom stereocenters. The minimum absolute atomic E-state index is 0.208. The van der Waals surface area contributed by atoms with Gasteiger partial charge < -0.3 is 0 Å². The van der Waals surface area contributed by atoms with Gasteiger partial charge >= 0.3 is 0 Å². The van der Waals surface area contributed by atoms with E-state index in [-0.39, 0.29) is 4.90 Å². The fraction of sp³-hybridized carbons (Fsp3) is 0.143. The Bertz CT molecular complexity index is 1210. The number of nitrogens with one attached hydrogen (secondary N) is 1. The van der Waals surface area contributed by atoms with Gasteiger partial charge in [-0.1, -0.05) is 64.9 Å². The summed E-state index contributed by atoms with van der Waals surface area (Å²) in [5.41, 5.74) is 4.31. The van der Waals surface area contributed by atoms with Crippen LogP contribution in [0.2, 0.25) is 0 Å². The highest BCUT2D eigenvalue weighted by Gasteiger charge is 2.25. The van der Waals surface area contributed by atoms with Crippen molar-refractivity contribution in [2.75, 3.05) is 0 Å². The van der Waals surface area contributed by atoms with Crippen LogP contribution in [0.25, 0.3) is 11.0 Å². The lowest BCUT2D eigenvalue weighted by Crippen LogP contribution is -2.34. The van der Waals surface area contributed by atoms with Crippen LogP contribution in [0.1, 0.15) is 22.9 Å². The van der Waals surface area contributed by atoms with E-state index in [0.29, 0.717) is 5.52 Å². The Morgan fingerprint density at radius 3 is 2.14 bits per heavy atom. The number of aromatic nitrogens is 3. The molecule has 0 amide bonds. The number of hydrogen-bond acceptors (Lipinski definition) is 4. The highest BCUT2D eigenvalue weighted by Crippen LogP contribution is 2.23. The van der Waals surface area contributed by atoms with Crippen molar-refractivity contribution in [1.29, 1.82) is 0 Å². The van der Waals surface area contributed by atoms with Crippen molar-refractivity contribution in [3.8, 4) is 0 Å². The highest BCUT2D eigenvalue weighted by atomic mass is 32.2. The summed E-state index contributed by atoms with van der Waals surface area (Å²) in [7, 11) is -3.77. The summed E-state index contributed by atoms with van der Waals surface area (Å²) in [6.45, 7) is 3.90. The van der Waals surface area contributed by atoms with E-state index in [1.165, 1.54) is 0 Å². The summed E-state index contributed by atoms with van der Waals surface area (Å²) >= 11 is 0. The van der Waals surface area contributed by atoms with Crippen molar-refractivity contribution in [1.82, 2.24) is 19.7 Å². The maximum absolute atomic E-state index is 13.1. The standard InChI is InChI=1S/C21H20N4O2S/c1-15-7-11-17(12-8-15)21(25-20-6-4-3-5-19(20)22-24-25)23-28(26,27)18-13-9-16(2)10-14-18/h3-14,21,23H,1-2H3. The predicted molar refractivity (Wildman–Crippen MR) is 108 cm³/mol. The molecule has 0 aliphatic heterocycles. The number of hydrogen-bond donors (Lipinski definition) is 1. The topological polar surface area (TPSA) is 76.9 Å². The summed E-state index contributed by atoms with van der Waals surface area (Å²) in [5.74, 6) is 0. The zero-order valence-corrected chi connectivity index (χ0v) is 16.4. The summed E-state index contributed by atoms with van der Waals surface area (Å²) in [4.78, 5) is 0.208. The largest absolute Gasteiger partial charge is 0.242 e. The fourth-order valence-electron chi connectivity index (χ4n) is 3.02. The number of fused-ring (bicyclic) bond motifs is 1. The van der Waals surface area contributed by atoms with Crippen molar-refractivity contribution in [3.05, 3.63) is 89.5 Å². The van der Waals surface area contributed by atoms with Gasteiger partial charge in [0.2, 0.25) is 10.0 Å². The first kappa shape index (κ1) is 18.3. The first-order chi connectivity index (χ1) is 13.4. The van der Waals surface area contributed by atoms with Gasteiger partial charge in [0.25, 0.3) is 0 Å². The third-order valence-electron chi connectivity index (χ3n) is 4.61. The van der Waals surface area contributed by atoms with E-state index in [1.807, 2.05) is 62.4 Å². The number of nitrogens with zero attached hydrogens (tertiary/aromatic N) is 3. The Hall–Kier alpha value is -3.03. The summed E-state index contributed by atoms with van der Waals surface area (Å²) < 4.78 is 30.5. The van der Waals surface area contributed by atoms with Gasteiger partial charge in [0.1, 0.15) is 11.7 Å². The molecule has 1 aromatic heterocycles. The molecule has 1 heterocycles. The van der Waals surface area contributed by atoms with Gasteiger partial charge in [-0.3, -0.25) is 0 Å². The van der Waals surface area contributed by atoms with E-state index >= 15 is 0 Å². The van der Waals surface area contributed by atoms with E-state index in [2.05, 4.69) is 15.0 Å². The normalized spacial score (nSPS) is 12.9. The monoisotopic (exact) mass is 392 g/mol. The van der Waals surface area contributed by atoms with E-state index < -0.39 is 16.2 Å². The Morgan fingerprint density at radius 1 is 0.857 bits per heavy atom. The van der Waals surface area contributed by atoms with Crippen LogP contribution in [-0.4, -0.2) is 23.4 Å². The molecular formula is C21H20N4O2S. The molecule has 6 nitrogen and oxygen atoms in total. The molecule has 28 heavy (non-hydrogen) atoms. The number of sulfonamides is 1. The minimum Gasteiger partial charge on any atom is -0.222 e. The van der Waals surface area contributed by atoms with Crippen LogP contribution in [0.4, 0.5) is 0 Å². The van der Waals surface area contributed by atoms with Crippen molar-refractivity contribution >= 4 is 21.1 Å². The highest BCUT2D eigenvalue weighted by molar-refractivity contribution is 7.89. The molecule has 4 aromatic rings. The zero-order valence-electron chi connectivity index (χ0n) is 15.6. The van der Waals surface area contributed by atoms with Gasteiger partial charge in [-0.15, -0.1) is 5.10 Å². The first-order valence-corrected chi connectivity index (χ1v) is 10.4. The lowest BCUT2D eigenvalue weighted by Gasteiger charge is -2.20. The van der Waals surface area contributed by atoms with Crippen LogP contribution in [-0.2, 0) is 10.0 Å². The molecule has 0 fully saturated rings. The quantitative estimate of drug-likeness (QED) is 0.563. The zero-order chi connectivity index (χ0) is 19.7. The lowest BCUT2D eigenvalue weighted by molar-refractivity contribution is 0.481. The van der Waals surface area contributed by atoms with Crippen LogP contribution in [0.3, 0.4) is 0 Å². The number of rotatable bonds is 5. The third kappa shape index (κ3) is 3.54. The van der Waals surface area contributed by atoms with Gasteiger partial charge in [0, 0.05) is 0 Å². The summed E-state index contributed by atoms with van der Waals surface area (Å²) in [5, 5.41) is 8.40. The third-order valence-corrected chi connectivity index (χ3v) is 6.04. The molecule has 0 aliphatic rings. The van der Waals surface area contributed by atoms with Gasteiger partial charge in [0.15, 0.2) is 0 Å². The summed E-state index contributed by atoms with van der Waals surface area (Å²) in [6, 6.07) is 21.9. The predicted octanol–water partition coefficient (Wildman–Crippen LogP) is 3.57. The number of benzene rings is 3. The Kier molecular flexibility index (Phi) is 4.70. The first-order valence-electron chi connectivity index (χ1n) is 8.89. The van der Waals surface area contributed by atoms with E-state index in [1.54, 1.807) is 28.9 Å². The smallest absolute Gasteiger partial charge is 0.222 e. The molecule has 0 bridgehead atoms. The molecule has 142 valence electrons. The van der Waals surface area contributed by atoms with Crippen molar-refractivity contribution in [3.63, 3.8) is 0 Å². The number of para-hydroxylation sites is 1. The van der Waals surface area contributed by atoms with Gasteiger partial charge in [0.05, 0.1) is 10.4 Å². The Balaban J connectivity index is 1.81. The molecule has 1 atom stereocenters. The minimum atomic E-state index is -3.77. The van der Waals surface area contributed by atoms with E-state index in [4.69, 9.17) is 0 Å². The van der Waals surface area contributed by atoms with E-state index in [9.17, 15) is 8.42 Å². The van der Waals surface area contributed by atoms with E-state index in [0.717, 1.165) is 22.2 Å². The van der Waals surface area contributed by atoms with Crippen molar-refractivity contribution < 1.29 is 8.42 Å². The van der Waals surface area contributed by atoms with Gasteiger partial charge in [-0.2, -0.15) is 4.72 Å². The van der Waals surface area contributed by atoms with Crippen LogP contribution in [0, 0.1) is 13.8 Å². The van der Waals surface area contributed by atoms with Crippen LogP contribution in [0.5, 0.6) is 0 Å². The SMILES string of the molecule is Cc1ccc(C(NS(=O)(=O)c2ccc(C)cc2)n2nnc3ccccc32)cc1. The molecule has 7 heteroatoms. The van der Waals surface area contributed by atoms with Crippen molar-refractivity contribution in [2.45, 2.75) is 24.9 Å². The van der Waals surface area contributed by atoms with Crippen LogP contribution < -0.4 is 4.72 Å². The molecule has 0 radical (unpaired) electrons. The van der Waals surface area contributed by atoms with Gasteiger partial charge in [-0.25, -0.2) is 13.1 Å². The molecule has 0 aliphatic carbocycles. The fourth-order valence-corrected chi connectivity index (χ4v) is 4.18. The molecule has 0 saturated carbocycles. The second kappa shape index (κ2) is 7.18. The molecule has 0 saturated heterocycles. The Labute approximate surface area is 163 Å². The maximum Gasteiger partial charge on any atom is 0.242 e. The average Bonchev–Trinajstić information content (AvgIpc) is 3.11. The van der Waals surface area contributed by atoms with Crippen LogP contribution in [0.15, 0.2) is 77.7 Å². The second-order valence-electron chi connectivity index (χ2n) is 6.77. The van der Waals surface area contributed by atoms with Crippen molar-refractivity contribution in [2.24, 2.45) is 0 Å². The van der Waals surface area contributed by atoms with Crippen LogP contribution >= 0.6 is 0 Å². The molecule has 1 N–H and O–H groups in total. The lowest BCUT2D eigenvalue weighted by atomic mass is 10.1. The summed E-state index contributed by atoms with van der Waals surface area (Å²) in [6.07, 6.45) is -0.723. The average molecular weight is 392 g/mol. The molecule has 4 rings (SSSR count). The molecule has 3 aromatic carbocycles. The number of aryl methyl sites for hydroxylation is 2. The van der Waals surface area contributed by atoms with Gasteiger partial charge in [-0.05, 0) is 43.7 Å². The second-order valence-corrected chi connectivity index (χ2v) is 8.48. The Morgan fingerprint density at radius 2 is 1.46 bits per heavy atom. The maximum atomic E-state index is 13.1. The molecular weight excluding hydrogens is 372 g/mol.